The minimum absolute atomic E-state index is 0.153. The summed E-state index contributed by atoms with van der Waals surface area (Å²) in [6.07, 6.45) is -0.395. The molecule has 0 saturated carbocycles. The standard InChI is InChI=1S/C19H21N3O7S/c1-3-10-20-19(23)17-12-21(14-6-4-5-7-16(14)29-17)30(26,27)18-9-8-13(28-2)11-15(18)22(24)25/h4-9,11,17H,3,10,12H2,1-2H3,(H,20,23). The largest absolute Gasteiger partial charge is 0.497 e. The molecule has 11 heteroatoms. The molecule has 2 aromatic carbocycles. The van der Waals surface area contributed by atoms with E-state index in [0.717, 1.165) is 16.4 Å². The van der Waals surface area contributed by atoms with Gasteiger partial charge in [0, 0.05) is 6.54 Å². The van der Waals surface area contributed by atoms with Crippen LogP contribution < -0.4 is 19.1 Å². The van der Waals surface area contributed by atoms with Crippen LogP contribution in [0, 0.1) is 10.1 Å². The predicted molar refractivity (Wildman–Crippen MR) is 108 cm³/mol. The summed E-state index contributed by atoms with van der Waals surface area (Å²) in [6.45, 7) is 1.98. The lowest BCUT2D eigenvalue weighted by molar-refractivity contribution is -0.387. The van der Waals surface area contributed by atoms with Crippen LogP contribution in [0.3, 0.4) is 0 Å². The van der Waals surface area contributed by atoms with E-state index in [2.05, 4.69) is 5.32 Å². The summed E-state index contributed by atoms with van der Waals surface area (Å²) >= 11 is 0. The van der Waals surface area contributed by atoms with Crippen molar-refractivity contribution in [2.45, 2.75) is 24.3 Å². The molecule has 1 aliphatic heterocycles. The lowest BCUT2D eigenvalue weighted by Crippen LogP contribution is -2.50. The third kappa shape index (κ3) is 4.01. The highest BCUT2D eigenvalue weighted by atomic mass is 32.2. The number of ether oxygens (including phenoxy) is 2. The third-order valence-corrected chi connectivity index (χ3v) is 6.33. The summed E-state index contributed by atoms with van der Waals surface area (Å²) in [5, 5.41) is 14.2. The van der Waals surface area contributed by atoms with Crippen molar-refractivity contribution in [3.8, 4) is 11.5 Å². The summed E-state index contributed by atoms with van der Waals surface area (Å²) in [7, 11) is -3.06. The molecule has 1 N–H and O–H groups in total. The second-order valence-corrected chi connectivity index (χ2v) is 8.32. The fourth-order valence-corrected chi connectivity index (χ4v) is 4.65. The smallest absolute Gasteiger partial charge is 0.293 e. The molecule has 10 nitrogen and oxygen atoms in total. The molecule has 3 rings (SSSR count). The molecule has 0 fully saturated rings. The molecule has 0 radical (unpaired) electrons. The highest BCUT2D eigenvalue weighted by Gasteiger charge is 2.40. The molecule has 1 atom stereocenters. The number of nitrogens with one attached hydrogen (secondary N) is 1. The van der Waals surface area contributed by atoms with Crippen LogP contribution in [0.4, 0.5) is 11.4 Å². The molecular weight excluding hydrogens is 414 g/mol. The van der Waals surface area contributed by atoms with Gasteiger partial charge in [-0.25, -0.2) is 8.42 Å². The number of anilines is 1. The number of nitro benzene ring substituents is 1. The minimum Gasteiger partial charge on any atom is -0.497 e. The SMILES string of the molecule is CCCNC(=O)C1CN(S(=O)(=O)c2ccc(OC)cc2[N+](=O)[O-])c2ccccc2O1. The molecule has 1 unspecified atom stereocenters. The van der Waals surface area contributed by atoms with Gasteiger partial charge in [-0.05, 0) is 30.7 Å². The van der Waals surface area contributed by atoms with E-state index >= 15 is 0 Å². The maximum Gasteiger partial charge on any atom is 0.293 e. The van der Waals surface area contributed by atoms with Gasteiger partial charge in [0.25, 0.3) is 21.6 Å². The van der Waals surface area contributed by atoms with Gasteiger partial charge in [-0.3, -0.25) is 19.2 Å². The van der Waals surface area contributed by atoms with Crippen LogP contribution in [0.2, 0.25) is 0 Å². The average molecular weight is 435 g/mol. The number of carbonyl (C=O) groups is 1. The van der Waals surface area contributed by atoms with Crippen molar-refractivity contribution in [3.05, 3.63) is 52.6 Å². The zero-order valence-corrected chi connectivity index (χ0v) is 17.2. The molecule has 2 aromatic rings. The van der Waals surface area contributed by atoms with Crippen LogP contribution in [0.5, 0.6) is 11.5 Å². The summed E-state index contributed by atoms with van der Waals surface area (Å²) in [6, 6.07) is 9.82. The summed E-state index contributed by atoms with van der Waals surface area (Å²) in [4.78, 5) is 22.7. The van der Waals surface area contributed by atoms with Gasteiger partial charge in [-0.1, -0.05) is 19.1 Å². The lowest BCUT2D eigenvalue weighted by atomic mass is 10.2. The zero-order chi connectivity index (χ0) is 21.9. The number of nitro groups is 1. The summed E-state index contributed by atoms with van der Waals surface area (Å²) < 4.78 is 38.5. The van der Waals surface area contributed by atoms with Gasteiger partial charge >= 0.3 is 0 Å². The zero-order valence-electron chi connectivity index (χ0n) is 16.4. The van der Waals surface area contributed by atoms with Crippen LogP contribution in [-0.2, 0) is 14.8 Å². The van der Waals surface area contributed by atoms with E-state index in [4.69, 9.17) is 9.47 Å². The van der Waals surface area contributed by atoms with E-state index in [9.17, 15) is 23.3 Å². The lowest BCUT2D eigenvalue weighted by Gasteiger charge is -2.34. The molecule has 0 bridgehead atoms. The van der Waals surface area contributed by atoms with Crippen molar-refractivity contribution in [1.82, 2.24) is 5.32 Å². The Morgan fingerprint density at radius 2 is 2.07 bits per heavy atom. The fourth-order valence-electron chi connectivity index (χ4n) is 3.03. The molecule has 0 saturated heterocycles. The minimum atomic E-state index is -4.39. The van der Waals surface area contributed by atoms with E-state index in [-0.39, 0.29) is 23.7 Å². The molecule has 1 aliphatic rings. The van der Waals surface area contributed by atoms with E-state index in [1.165, 1.54) is 19.2 Å². The van der Waals surface area contributed by atoms with Crippen molar-refractivity contribution in [3.63, 3.8) is 0 Å². The first kappa shape index (κ1) is 21.4. The number of carbonyl (C=O) groups excluding carboxylic acids is 1. The Labute approximate surface area is 173 Å². The molecule has 160 valence electrons. The predicted octanol–water partition coefficient (Wildman–Crippen LogP) is 2.09. The number of methoxy groups -OCH3 is 1. The quantitative estimate of drug-likeness (QED) is 0.521. The molecule has 30 heavy (non-hydrogen) atoms. The number of fused-ring (bicyclic) bond motifs is 1. The van der Waals surface area contributed by atoms with Crippen LogP contribution >= 0.6 is 0 Å². The first-order valence-corrected chi connectivity index (χ1v) is 10.6. The van der Waals surface area contributed by atoms with Crippen LogP contribution in [0.1, 0.15) is 13.3 Å². The maximum absolute atomic E-state index is 13.5. The number of rotatable bonds is 7. The van der Waals surface area contributed by atoms with Crippen LogP contribution in [0.15, 0.2) is 47.4 Å². The third-order valence-electron chi connectivity index (χ3n) is 4.51. The van der Waals surface area contributed by atoms with Gasteiger partial charge in [-0.2, -0.15) is 0 Å². The number of para-hydroxylation sites is 2. The molecular formula is C19H21N3O7S. The fraction of sp³-hybridized carbons (Fsp3) is 0.316. The second-order valence-electron chi connectivity index (χ2n) is 6.49. The summed E-state index contributed by atoms with van der Waals surface area (Å²) in [5.41, 5.74) is -0.424. The van der Waals surface area contributed by atoms with Crippen molar-refractivity contribution >= 4 is 27.3 Å². The average Bonchev–Trinajstić information content (AvgIpc) is 2.75. The highest BCUT2D eigenvalue weighted by Crippen LogP contribution is 2.39. The van der Waals surface area contributed by atoms with Crippen molar-refractivity contribution in [2.24, 2.45) is 0 Å². The Kier molecular flexibility index (Phi) is 6.11. The highest BCUT2D eigenvalue weighted by molar-refractivity contribution is 7.93. The molecule has 0 spiro atoms. The van der Waals surface area contributed by atoms with E-state index in [1.807, 2.05) is 6.92 Å². The van der Waals surface area contributed by atoms with Gasteiger partial charge < -0.3 is 14.8 Å². The number of sulfonamides is 1. The topological polar surface area (TPSA) is 128 Å². The Balaban J connectivity index is 2.08. The first-order valence-electron chi connectivity index (χ1n) is 9.18. The van der Waals surface area contributed by atoms with Crippen LogP contribution in [0.25, 0.3) is 0 Å². The van der Waals surface area contributed by atoms with Gasteiger partial charge in [0.1, 0.15) is 11.5 Å². The van der Waals surface area contributed by atoms with E-state index in [1.54, 1.807) is 18.2 Å². The van der Waals surface area contributed by atoms with Crippen LogP contribution in [-0.4, -0.2) is 45.6 Å². The molecule has 1 amide bonds. The van der Waals surface area contributed by atoms with Crippen molar-refractivity contribution in [2.75, 3.05) is 24.5 Å². The number of hydrogen-bond acceptors (Lipinski definition) is 7. The number of nitrogens with zero attached hydrogens (tertiary/aromatic N) is 2. The Morgan fingerprint density at radius 3 is 2.73 bits per heavy atom. The first-order chi connectivity index (χ1) is 14.3. The number of amides is 1. The molecule has 0 aliphatic carbocycles. The molecule has 0 aromatic heterocycles. The van der Waals surface area contributed by atoms with Crippen molar-refractivity contribution < 1.29 is 27.6 Å². The number of hydrogen-bond donors (Lipinski definition) is 1. The Morgan fingerprint density at radius 1 is 1.33 bits per heavy atom. The van der Waals surface area contributed by atoms with Gasteiger partial charge in [0.15, 0.2) is 11.0 Å². The Bertz CT molecular complexity index is 1070. The van der Waals surface area contributed by atoms with Crippen molar-refractivity contribution in [1.29, 1.82) is 0 Å². The summed E-state index contributed by atoms with van der Waals surface area (Å²) in [5.74, 6) is -0.115. The normalized spacial score (nSPS) is 15.7. The Hall–Kier alpha value is -3.34. The molecule has 1 heterocycles. The number of benzene rings is 2. The van der Waals surface area contributed by atoms with Gasteiger partial charge in [0.05, 0.1) is 30.3 Å². The van der Waals surface area contributed by atoms with E-state index in [0.29, 0.717) is 13.0 Å². The monoisotopic (exact) mass is 435 g/mol. The van der Waals surface area contributed by atoms with Gasteiger partial charge in [-0.15, -0.1) is 0 Å². The van der Waals surface area contributed by atoms with Gasteiger partial charge in [0.2, 0.25) is 0 Å². The van der Waals surface area contributed by atoms with E-state index < -0.39 is 37.5 Å². The second kappa shape index (κ2) is 8.57. The maximum atomic E-state index is 13.5.